The summed E-state index contributed by atoms with van der Waals surface area (Å²) in [5.74, 6) is 0.0163. The number of aryl methyl sites for hydroxylation is 1. The number of hydrogen-bond acceptors (Lipinski definition) is 3. The first-order chi connectivity index (χ1) is 18.7. The molecule has 0 radical (unpaired) electrons. The van der Waals surface area contributed by atoms with Gasteiger partial charge in [0.2, 0.25) is 0 Å². The number of rotatable bonds is 8. The summed E-state index contributed by atoms with van der Waals surface area (Å²) in [6, 6.07) is 31.6. The minimum atomic E-state index is -0.351. The minimum Gasteiger partial charge on any atom is -0.448 e. The quantitative estimate of drug-likeness (QED) is 0.249. The Labute approximate surface area is 222 Å². The average Bonchev–Trinajstić information content (AvgIpc) is 3.46. The molecule has 6 rings (SSSR count). The van der Waals surface area contributed by atoms with Gasteiger partial charge in [0.1, 0.15) is 6.61 Å². The third kappa shape index (κ3) is 4.23. The maximum atomic E-state index is 13.4. The zero-order valence-corrected chi connectivity index (χ0v) is 21.6. The van der Waals surface area contributed by atoms with Crippen LogP contribution in [0.1, 0.15) is 36.0 Å². The zero-order valence-electron chi connectivity index (χ0n) is 21.6. The monoisotopic (exact) mass is 504 g/mol. The van der Waals surface area contributed by atoms with Gasteiger partial charge in [0.15, 0.2) is 0 Å². The Hall–Kier alpha value is -4.09. The molecule has 5 nitrogen and oxygen atoms in total. The summed E-state index contributed by atoms with van der Waals surface area (Å²) in [4.78, 5) is 15.1. The lowest BCUT2D eigenvalue weighted by atomic mass is 9.98. The summed E-state index contributed by atoms with van der Waals surface area (Å²) in [6.07, 6.45) is 0.151. The first kappa shape index (κ1) is 24.3. The van der Waals surface area contributed by atoms with Crippen LogP contribution in [0.2, 0.25) is 0 Å². The number of carbonyl (C=O) groups excluding carboxylic acids is 1. The highest BCUT2D eigenvalue weighted by Crippen LogP contribution is 2.44. The molecule has 0 aliphatic heterocycles. The fourth-order valence-electron chi connectivity index (χ4n) is 5.94. The molecular weight excluding hydrogens is 472 g/mol. The maximum absolute atomic E-state index is 13.4. The molecule has 38 heavy (non-hydrogen) atoms. The second-order valence-corrected chi connectivity index (χ2v) is 9.92. The van der Waals surface area contributed by atoms with Crippen LogP contribution in [0.3, 0.4) is 0 Å². The lowest BCUT2D eigenvalue weighted by Crippen LogP contribution is -2.33. The number of aliphatic hydroxyl groups excluding tert-OH is 1. The summed E-state index contributed by atoms with van der Waals surface area (Å²) in [7, 11) is 0. The van der Waals surface area contributed by atoms with E-state index in [2.05, 4.69) is 90.4 Å². The second-order valence-electron chi connectivity index (χ2n) is 9.92. The van der Waals surface area contributed by atoms with E-state index in [0.717, 1.165) is 12.1 Å². The highest BCUT2D eigenvalue weighted by molar-refractivity contribution is 6.08. The predicted molar refractivity (Wildman–Crippen MR) is 152 cm³/mol. The summed E-state index contributed by atoms with van der Waals surface area (Å²) < 4.78 is 8.27. The predicted octanol–water partition coefficient (Wildman–Crippen LogP) is 6.95. The van der Waals surface area contributed by atoms with Gasteiger partial charge in [0.25, 0.3) is 0 Å². The number of ether oxygens (including phenoxy) is 1. The largest absolute Gasteiger partial charge is 0.448 e. The van der Waals surface area contributed by atoms with Crippen molar-refractivity contribution in [2.75, 3.05) is 19.8 Å². The van der Waals surface area contributed by atoms with Gasteiger partial charge in [-0.25, -0.2) is 4.79 Å². The van der Waals surface area contributed by atoms with Gasteiger partial charge in [-0.1, -0.05) is 72.8 Å². The Balaban J connectivity index is 1.24. The zero-order chi connectivity index (χ0) is 26.1. The first-order valence-electron chi connectivity index (χ1n) is 13.4. The molecule has 0 unspecified atom stereocenters. The van der Waals surface area contributed by atoms with Gasteiger partial charge in [0.05, 0.1) is 0 Å². The lowest BCUT2D eigenvalue weighted by molar-refractivity contribution is 0.0944. The number of fused-ring (bicyclic) bond motifs is 6. The van der Waals surface area contributed by atoms with Crippen molar-refractivity contribution in [3.63, 3.8) is 0 Å². The molecule has 0 saturated carbocycles. The van der Waals surface area contributed by atoms with Crippen molar-refractivity contribution < 1.29 is 14.6 Å². The number of amides is 1. The van der Waals surface area contributed by atoms with Crippen LogP contribution in [0.5, 0.6) is 0 Å². The van der Waals surface area contributed by atoms with Gasteiger partial charge >= 0.3 is 6.09 Å². The molecule has 5 aromatic rings. The molecule has 0 saturated heterocycles. The van der Waals surface area contributed by atoms with Crippen LogP contribution in [-0.2, 0) is 17.8 Å². The Morgan fingerprint density at radius 3 is 2.24 bits per heavy atom. The second kappa shape index (κ2) is 10.3. The standard InChI is InChI=1S/C33H32N2O3/c1-2-35-31-15-8-7-14-28(31)29-20-23(16-17-32(29)35)21-34(18-9-19-36)33(37)38-22-30-26-12-5-3-10-24(26)25-11-4-6-13-27(25)30/h3-8,10-17,20,30,36H,2,9,18-19,21-22H2,1H3. The Morgan fingerprint density at radius 1 is 0.868 bits per heavy atom. The molecule has 1 heterocycles. The summed E-state index contributed by atoms with van der Waals surface area (Å²) in [6.45, 7) is 4.22. The number of aromatic nitrogens is 1. The van der Waals surface area contributed by atoms with E-state index in [1.54, 1.807) is 4.90 Å². The molecule has 1 aliphatic carbocycles. The third-order valence-electron chi connectivity index (χ3n) is 7.71. The van der Waals surface area contributed by atoms with Gasteiger partial charge in [-0.15, -0.1) is 0 Å². The van der Waals surface area contributed by atoms with Crippen molar-refractivity contribution in [1.29, 1.82) is 0 Å². The molecule has 1 N–H and O–H groups in total. The van der Waals surface area contributed by atoms with Crippen LogP contribution in [0.15, 0.2) is 91.0 Å². The van der Waals surface area contributed by atoms with Gasteiger partial charge in [-0.05, 0) is 59.4 Å². The fourth-order valence-corrected chi connectivity index (χ4v) is 5.94. The normalized spacial score (nSPS) is 12.6. The van der Waals surface area contributed by atoms with Crippen molar-refractivity contribution >= 4 is 27.9 Å². The van der Waals surface area contributed by atoms with Crippen LogP contribution in [0, 0.1) is 0 Å². The Morgan fingerprint density at radius 2 is 1.53 bits per heavy atom. The van der Waals surface area contributed by atoms with E-state index in [1.807, 2.05) is 12.1 Å². The number of benzene rings is 4. The van der Waals surface area contributed by atoms with Crippen molar-refractivity contribution in [3.8, 4) is 11.1 Å². The average molecular weight is 505 g/mol. The number of nitrogens with zero attached hydrogens (tertiary/aromatic N) is 2. The Bertz CT molecular complexity index is 1570. The van der Waals surface area contributed by atoms with Crippen LogP contribution in [0.25, 0.3) is 32.9 Å². The summed E-state index contributed by atoms with van der Waals surface area (Å²) in [5.41, 5.74) is 8.27. The molecule has 1 aliphatic rings. The molecule has 4 aromatic carbocycles. The van der Waals surface area contributed by atoms with Crippen LogP contribution in [-0.4, -0.2) is 40.4 Å². The molecule has 0 spiro atoms. The van der Waals surface area contributed by atoms with Crippen molar-refractivity contribution in [2.24, 2.45) is 0 Å². The maximum Gasteiger partial charge on any atom is 0.410 e. The molecule has 5 heteroatoms. The van der Waals surface area contributed by atoms with E-state index in [-0.39, 0.29) is 25.2 Å². The van der Waals surface area contributed by atoms with Gasteiger partial charge in [-0.2, -0.15) is 0 Å². The van der Waals surface area contributed by atoms with E-state index in [9.17, 15) is 9.90 Å². The number of aliphatic hydroxyl groups is 1. The van der Waals surface area contributed by atoms with Crippen LogP contribution >= 0.6 is 0 Å². The molecule has 0 fully saturated rings. The van der Waals surface area contributed by atoms with Gasteiger partial charge in [0, 0.05) is 54.0 Å². The van der Waals surface area contributed by atoms with E-state index >= 15 is 0 Å². The van der Waals surface area contributed by atoms with Gasteiger partial charge < -0.3 is 19.3 Å². The Kier molecular flexibility index (Phi) is 6.61. The summed E-state index contributed by atoms with van der Waals surface area (Å²) in [5, 5.41) is 11.9. The fraction of sp³-hybridized carbons (Fsp3) is 0.242. The third-order valence-corrected chi connectivity index (χ3v) is 7.71. The number of para-hydroxylation sites is 1. The topological polar surface area (TPSA) is 54.7 Å². The van der Waals surface area contributed by atoms with E-state index in [0.29, 0.717) is 19.5 Å². The van der Waals surface area contributed by atoms with Crippen LogP contribution < -0.4 is 0 Å². The van der Waals surface area contributed by atoms with E-state index < -0.39 is 0 Å². The van der Waals surface area contributed by atoms with E-state index in [4.69, 9.17) is 4.74 Å². The summed E-state index contributed by atoms with van der Waals surface area (Å²) >= 11 is 0. The smallest absolute Gasteiger partial charge is 0.410 e. The lowest BCUT2D eigenvalue weighted by Gasteiger charge is -2.23. The van der Waals surface area contributed by atoms with Crippen LogP contribution in [0.4, 0.5) is 4.79 Å². The molecule has 0 atom stereocenters. The molecule has 0 bridgehead atoms. The first-order valence-corrected chi connectivity index (χ1v) is 13.4. The molecule has 1 amide bonds. The highest BCUT2D eigenvalue weighted by Gasteiger charge is 2.29. The molecule has 1 aromatic heterocycles. The van der Waals surface area contributed by atoms with Gasteiger partial charge in [-0.3, -0.25) is 0 Å². The van der Waals surface area contributed by atoms with Crippen molar-refractivity contribution in [1.82, 2.24) is 9.47 Å². The van der Waals surface area contributed by atoms with Crippen molar-refractivity contribution in [2.45, 2.75) is 32.4 Å². The minimum absolute atomic E-state index is 0.0163. The van der Waals surface area contributed by atoms with E-state index in [1.165, 1.54) is 44.1 Å². The number of carbonyl (C=O) groups is 1. The highest BCUT2D eigenvalue weighted by atomic mass is 16.6. The SMILES string of the molecule is CCn1c2ccccc2c2cc(CN(CCCO)C(=O)OCC3c4ccccc4-c4ccccc43)ccc21. The van der Waals surface area contributed by atoms with Crippen molar-refractivity contribution in [3.05, 3.63) is 108 Å². The number of hydrogen-bond donors (Lipinski definition) is 1. The molecular formula is C33H32N2O3. The molecule has 192 valence electrons.